The van der Waals surface area contributed by atoms with Gasteiger partial charge in [0.2, 0.25) is 0 Å². The molecule has 0 radical (unpaired) electrons. The molecule has 0 aliphatic carbocycles. The Balaban J connectivity index is 2.06. The summed E-state index contributed by atoms with van der Waals surface area (Å²) in [6, 6.07) is 15.9. The van der Waals surface area contributed by atoms with Crippen molar-refractivity contribution in [3.05, 3.63) is 77.0 Å². The van der Waals surface area contributed by atoms with Crippen molar-refractivity contribution in [3.8, 4) is 0 Å². The largest absolute Gasteiger partial charge is 0.466 e. The molecule has 0 spiro atoms. The van der Waals surface area contributed by atoms with Gasteiger partial charge in [-0.15, -0.1) is 0 Å². The Labute approximate surface area is 168 Å². The Kier molecular flexibility index (Phi) is 5.75. The van der Waals surface area contributed by atoms with Gasteiger partial charge in [0, 0.05) is 11.4 Å². The average molecular weight is 396 g/mol. The van der Waals surface area contributed by atoms with Crippen LogP contribution in [0.15, 0.2) is 65.9 Å². The normalized spacial score (nSPS) is 16.5. The molecule has 28 heavy (non-hydrogen) atoms. The number of hydrogen-bond donors (Lipinski definition) is 1. The first-order chi connectivity index (χ1) is 13.5. The minimum absolute atomic E-state index is 0.422. The number of methoxy groups -OCH3 is 2. The number of rotatable bonds is 4. The van der Waals surface area contributed by atoms with Crippen LogP contribution in [0.2, 0.25) is 0 Å². The molecule has 0 unspecified atom stereocenters. The summed E-state index contributed by atoms with van der Waals surface area (Å²) in [5.41, 5.74) is 3.19. The number of ether oxygens (including phenoxy) is 2. The summed E-state index contributed by atoms with van der Waals surface area (Å²) < 4.78 is 9.76. The zero-order chi connectivity index (χ0) is 20.3. The van der Waals surface area contributed by atoms with E-state index in [1.165, 1.54) is 14.2 Å². The van der Waals surface area contributed by atoms with E-state index in [-0.39, 0.29) is 0 Å². The third-order valence-electron chi connectivity index (χ3n) is 4.57. The van der Waals surface area contributed by atoms with Crippen LogP contribution in [-0.2, 0) is 14.3 Å². The number of nitrogens with one attached hydrogen (secondary N) is 1. The highest BCUT2D eigenvalue weighted by Crippen LogP contribution is 2.34. The van der Waals surface area contributed by atoms with Gasteiger partial charge in [-0.1, -0.05) is 30.3 Å². The van der Waals surface area contributed by atoms with Crippen LogP contribution in [0.1, 0.15) is 28.9 Å². The Morgan fingerprint density at radius 1 is 0.964 bits per heavy atom. The maximum Gasteiger partial charge on any atom is 0.337 e. The summed E-state index contributed by atoms with van der Waals surface area (Å²) in [5.74, 6) is -0.871. The van der Waals surface area contributed by atoms with Gasteiger partial charge in [-0.05, 0) is 49.0 Å². The van der Waals surface area contributed by atoms with E-state index in [4.69, 9.17) is 21.7 Å². The van der Waals surface area contributed by atoms with Gasteiger partial charge in [0.25, 0.3) is 0 Å². The fraction of sp³-hybridized carbons (Fsp3) is 0.190. The van der Waals surface area contributed by atoms with Gasteiger partial charge in [-0.25, -0.2) is 9.59 Å². The summed E-state index contributed by atoms with van der Waals surface area (Å²) in [4.78, 5) is 26.1. The van der Waals surface area contributed by atoms with Crippen LogP contribution in [0.3, 0.4) is 0 Å². The zero-order valence-electron chi connectivity index (χ0n) is 15.8. The molecule has 1 atom stereocenters. The molecule has 1 aliphatic rings. The number of benzene rings is 2. The van der Waals surface area contributed by atoms with E-state index in [9.17, 15) is 9.59 Å². The molecule has 6 nitrogen and oxygen atoms in total. The minimum atomic E-state index is -0.494. The van der Waals surface area contributed by atoms with Crippen LogP contribution in [0.5, 0.6) is 0 Å². The van der Waals surface area contributed by atoms with Gasteiger partial charge < -0.3 is 14.8 Å². The summed E-state index contributed by atoms with van der Waals surface area (Å²) in [6.07, 6.45) is 0. The van der Waals surface area contributed by atoms with E-state index in [1.54, 1.807) is 29.2 Å². The van der Waals surface area contributed by atoms with Crippen LogP contribution >= 0.6 is 12.2 Å². The molecule has 0 saturated carbocycles. The zero-order valence-corrected chi connectivity index (χ0v) is 16.6. The van der Waals surface area contributed by atoms with E-state index >= 15 is 0 Å². The number of thiocarbonyl (C=S) groups is 1. The summed E-state index contributed by atoms with van der Waals surface area (Å²) in [5, 5.41) is 3.69. The number of carbonyl (C=O) groups is 2. The minimum Gasteiger partial charge on any atom is -0.466 e. The van der Waals surface area contributed by atoms with Gasteiger partial charge >= 0.3 is 11.9 Å². The first-order valence-corrected chi connectivity index (χ1v) is 9.01. The number of nitrogens with zero attached hydrogens (tertiary/aromatic N) is 1. The van der Waals surface area contributed by atoms with Crippen LogP contribution in [0.4, 0.5) is 5.69 Å². The standard InChI is InChI=1S/C21H20N2O4S/c1-13-17(20(25)27-3)18(14-9-11-15(12-10-14)19(24)26-2)22-21(28)23(13)16-7-5-4-6-8-16/h4-12,18H,1-3H3,(H,22,28)/t18-/m0/s1. The monoisotopic (exact) mass is 396 g/mol. The number of anilines is 1. The molecule has 3 rings (SSSR count). The summed E-state index contributed by atoms with van der Waals surface area (Å²) >= 11 is 5.58. The fourth-order valence-electron chi connectivity index (χ4n) is 3.18. The van der Waals surface area contributed by atoms with Crippen LogP contribution in [0, 0.1) is 0 Å². The molecule has 1 aliphatic heterocycles. The van der Waals surface area contributed by atoms with Gasteiger partial charge in [-0.2, -0.15) is 0 Å². The smallest absolute Gasteiger partial charge is 0.337 e. The maximum atomic E-state index is 12.6. The van der Waals surface area contributed by atoms with Gasteiger partial charge in [-0.3, -0.25) is 4.90 Å². The molecule has 7 heteroatoms. The molecule has 1 heterocycles. The molecule has 1 N–H and O–H groups in total. The third kappa shape index (κ3) is 3.61. The van der Waals surface area contributed by atoms with E-state index in [1.807, 2.05) is 37.3 Å². The summed E-state index contributed by atoms with van der Waals surface area (Å²) in [7, 11) is 2.68. The highest BCUT2D eigenvalue weighted by atomic mass is 32.1. The third-order valence-corrected chi connectivity index (χ3v) is 4.87. The topological polar surface area (TPSA) is 67.9 Å². The molecule has 0 bridgehead atoms. The Morgan fingerprint density at radius 3 is 2.14 bits per heavy atom. The van der Waals surface area contributed by atoms with E-state index in [0.717, 1.165) is 11.3 Å². The molecule has 0 aromatic heterocycles. The maximum absolute atomic E-state index is 12.6. The lowest BCUT2D eigenvalue weighted by molar-refractivity contribution is -0.136. The lowest BCUT2D eigenvalue weighted by atomic mass is 9.94. The Bertz CT molecular complexity index is 939. The van der Waals surface area contributed by atoms with Crippen molar-refractivity contribution in [1.29, 1.82) is 0 Å². The highest BCUT2D eigenvalue weighted by molar-refractivity contribution is 7.80. The molecule has 0 amide bonds. The van der Waals surface area contributed by atoms with Crippen molar-refractivity contribution in [2.24, 2.45) is 0 Å². The molecule has 144 valence electrons. The van der Waals surface area contributed by atoms with Gasteiger partial charge in [0.05, 0.1) is 31.4 Å². The van der Waals surface area contributed by atoms with Crippen LogP contribution in [-0.4, -0.2) is 31.3 Å². The second-order valence-electron chi connectivity index (χ2n) is 6.16. The second kappa shape index (κ2) is 8.22. The Hall–Kier alpha value is -3.19. The first kappa shape index (κ1) is 19.6. The van der Waals surface area contributed by atoms with Crippen molar-refractivity contribution in [2.45, 2.75) is 13.0 Å². The van der Waals surface area contributed by atoms with Crippen molar-refractivity contribution in [2.75, 3.05) is 19.1 Å². The van der Waals surface area contributed by atoms with Crippen molar-refractivity contribution < 1.29 is 19.1 Å². The van der Waals surface area contributed by atoms with E-state index < -0.39 is 18.0 Å². The van der Waals surface area contributed by atoms with Crippen molar-refractivity contribution >= 4 is 35.0 Å². The molecule has 2 aromatic rings. The molecular weight excluding hydrogens is 376 g/mol. The van der Waals surface area contributed by atoms with Crippen molar-refractivity contribution in [3.63, 3.8) is 0 Å². The first-order valence-electron chi connectivity index (χ1n) is 8.61. The second-order valence-corrected chi connectivity index (χ2v) is 6.54. The lowest BCUT2D eigenvalue weighted by Gasteiger charge is -2.37. The number of carbonyl (C=O) groups excluding carboxylic acids is 2. The lowest BCUT2D eigenvalue weighted by Crippen LogP contribution is -2.48. The number of para-hydroxylation sites is 1. The number of esters is 2. The molecule has 0 fully saturated rings. The highest BCUT2D eigenvalue weighted by Gasteiger charge is 2.35. The molecular formula is C21H20N2O4S. The van der Waals surface area contributed by atoms with Crippen molar-refractivity contribution in [1.82, 2.24) is 5.32 Å². The molecule has 0 saturated heterocycles. The van der Waals surface area contributed by atoms with Gasteiger partial charge in [0.1, 0.15) is 0 Å². The summed E-state index contributed by atoms with van der Waals surface area (Å²) in [6.45, 7) is 1.84. The fourth-order valence-corrected chi connectivity index (χ4v) is 3.55. The quantitative estimate of drug-likeness (QED) is 0.628. The molecule has 2 aromatic carbocycles. The SMILES string of the molecule is COC(=O)C1=C(C)N(c2ccccc2)C(=S)N[C@H]1c1ccc(C(=O)OC)cc1. The van der Waals surface area contributed by atoms with Crippen LogP contribution < -0.4 is 10.2 Å². The Morgan fingerprint density at radius 2 is 1.57 bits per heavy atom. The van der Waals surface area contributed by atoms with E-state index in [0.29, 0.717) is 21.9 Å². The average Bonchev–Trinajstić information content (AvgIpc) is 2.73. The predicted octanol–water partition coefficient (Wildman–Crippen LogP) is 3.36. The van der Waals surface area contributed by atoms with E-state index in [2.05, 4.69) is 5.32 Å². The van der Waals surface area contributed by atoms with Crippen LogP contribution in [0.25, 0.3) is 0 Å². The predicted molar refractivity (Wildman–Crippen MR) is 110 cm³/mol. The number of hydrogen-bond acceptors (Lipinski definition) is 5. The number of allylic oxidation sites excluding steroid dienone is 1. The van der Waals surface area contributed by atoms with Gasteiger partial charge in [0.15, 0.2) is 5.11 Å².